The molecule has 1 aromatic rings. The normalized spacial score (nSPS) is 13.3. The molecule has 0 aromatic carbocycles. The van der Waals surface area contributed by atoms with Crippen LogP contribution in [0.2, 0.25) is 0 Å². The SMILES string of the molecule is CN[C@@H](C)C/C=C/c1cncc(OC(C)C)c1.O=S(=O)(O)CCS(=O)(=O)O. The molecule has 0 aliphatic heterocycles. The quantitative estimate of drug-likeness (QED) is 0.504. The van der Waals surface area contributed by atoms with Gasteiger partial charge in [-0.1, -0.05) is 12.2 Å². The summed E-state index contributed by atoms with van der Waals surface area (Å²) < 4.78 is 61.0. The maximum Gasteiger partial charge on any atom is 0.265 e. The van der Waals surface area contributed by atoms with Gasteiger partial charge in [0, 0.05) is 12.2 Å². The van der Waals surface area contributed by atoms with Gasteiger partial charge in [0.25, 0.3) is 20.2 Å². The minimum Gasteiger partial charge on any atom is -0.489 e. The van der Waals surface area contributed by atoms with Crippen LogP contribution >= 0.6 is 0 Å². The van der Waals surface area contributed by atoms with E-state index in [-0.39, 0.29) is 6.10 Å². The van der Waals surface area contributed by atoms with Crippen LogP contribution in [0.15, 0.2) is 24.5 Å². The second kappa shape index (κ2) is 12.0. The van der Waals surface area contributed by atoms with Gasteiger partial charge in [0.2, 0.25) is 0 Å². The maximum absolute atomic E-state index is 9.86. The predicted molar refractivity (Wildman–Crippen MR) is 105 cm³/mol. The monoisotopic (exact) mass is 424 g/mol. The first-order valence-electron chi connectivity index (χ1n) is 8.18. The molecule has 0 saturated carbocycles. The number of nitrogens with zero attached hydrogens (tertiary/aromatic N) is 1. The Labute approximate surface area is 161 Å². The Balaban J connectivity index is 0.000000580. The lowest BCUT2D eigenvalue weighted by Crippen LogP contribution is -2.19. The molecule has 1 rings (SSSR count). The van der Waals surface area contributed by atoms with Crippen LogP contribution in [-0.2, 0) is 20.2 Å². The second-order valence-corrected chi connectivity index (χ2v) is 9.16. The molecule has 1 atom stereocenters. The first kappa shape index (κ1) is 25.5. The van der Waals surface area contributed by atoms with Crippen molar-refractivity contribution in [2.75, 3.05) is 18.6 Å². The van der Waals surface area contributed by atoms with Crippen LogP contribution in [0, 0.1) is 0 Å². The van der Waals surface area contributed by atoms with Gasteiger partial charge >= 0.3 is 0 Å². The van der Waals surface area contributed by atoms with Gasteiger partial charge < -0.3 is 10.1 Å². The van der Waals surface area contributed by atoms with E-state index in [1.807, 2.05) is 33.2 Å². The predicted octanol–water partition coefficient (Wildman–Crippen LogP) is 1.64. The number of hydrogen-bond acceptors (Lipinski definition) is 7. The number of pyridine rings is 1. The summed E-state index contributed by atoms with van der Waals surface area (Å²) in [6.07, 6.45) is 9.00. The van der Waals surface area contributed by atoms with Crippen LogP contribution in [-0.4, -0.2) is 61.6 Å². The Kier molecular flexibility index (Phi) is 11.4. The van der Waals surface area contributed by atoms with Crippen LogP contribution in [0.4, 0.5) is 0 Å². The van der Waals surface area contributed by atoms with Gasteiger partial charge in [0.1, 0.15) is 5.75 Å². The molecule has 0 saturated heterocycles. The molecule has 0 amide bonds. The van der Waals surface area contributed by atoms with E-state index in [4.69, 9.17) is 13.8 Å². The van der Waals surface area contributed by atoms with Crippen molar-refractivity contribution >= 4 is 26.3 Å². The number of aromatic nitrogens is 1. The van der Waals surface area contributed by atoms with Gasteiger partial charge in [-0.3, -0.25) is 14.1 Å². The summed E-state index contributed by atoms with van der Waals surface area (Å²) in [5.74, 6) is -1.14. The second-order valence-electron chi connectivity index (χ2n) is 6.02. The van der Waals surface area contributed by atoms with Gasteiger partial charge in [0.15, 0.2) is 0 Å². The van der Waals surface area contributed by atoms with E-state index in [2.05, 4.69) is 29.4 Å². The summed E-state index contributed by atoms with van der Waals surface area (Å²) in [7, 11) is -6.62. The van der Waals surface area contributed by atoms with E-state index >= 15 is 0 Å². The van der Waals surface area contributed by atoms with E-state index in [1.54, 1.807) is 6.20 Å². The molecular weight excluding hydrogens is 396 g/mol. The molecule has 0 fully saturated rings. The maximum atomic E-state index is 9.86. The Hall–Kier alpha value is -1.53. The van der Waals surface area contributed by atoms with Gasteiger partial charge in [-0.25, -0.2) is 0 Å². The standard InChI is InChI=1S/C14H22N2O.C2H6O6S2/c1-11(2)17-14-8-13(9-16-10-14)7-5-6-12(3)15-4;3-9(4,5)1-2-10(6,7)8/h5,7-12,15H,6H2,1-4H3;1-2H2,(H,3,4,5)(H,6,7,8)/b7-5+;/t12-;/m0./s1. The molecule has 156 valence electrons. The van der Waals surface area contributed by atoms with E-state index < -0.39 is 31.7 Å². The molecule has 3 N–H and O–H groups in total. The Bertz CT molecular complexity index is 759. The fraction of sp³-hybridized carbons (Fsp3) is 0.562. The van der Waals surface area contributed by atoms with E-state index in [0.29, 0.717) is 6.04 Å². The lowest BCUT2D eigenvalue weighted by molar-refractivity contribution is 0.241. The minimum atomic E-state index is -4.30. The summed E-state index contributed by atoms with van der Waals surface area (Å²) in [4.78, 5) is 4.16. The highest BCUT2D eigenvalue weighted by atomic mass is 32.2. The van der Waals surface area contributed by atoms with Crippen molar-refractivity contribution in [1.82, 2.24) is 10.3 Å². The molecule has 1 aromatic heterocycles. The van der Waals surface area contributed by atoms with Crippen LogP contribution in [0.25, 0.3) is 6.08 Å². The van der Waals surface area contributed by atoms with Crippen molar-refractivity contribution in [3.05, 3.63) is 30.1 Å². The smallest absolute Gasteiger partial charge is 0.265 e. The summed E-state index contributed by atoms with van der Waals surface area (Å²) >= 11 is 0. The number of rotatable bonds is 9. The molecule has 11 heteroatoms. The van der Waals surface area contributed by atoms with Crippen molar-refractivity contribution in [3.8, 4) is 5.75 Å². The zero-order valence-electron chi connectivity index (χ0n) is 15.9. The van der Waals surface area contributed by atoms with E-state index in [9.17, 15) is 16.8 Å². The van der Waals surface area contributed by atoms with Crippen molar-refractivity contribution in [2.45, 2.75) is 39.3 Å². The third kappa shape index (κ3) is 16.4. The van der Waals surface area contributed by atoms with Crippen LogP contribution in [0.3, 0.4) is 0 Å². The highest BCUT2D eigenvalue weighted by Gasteiger charge is 2.11. The van der Waals surface area contributed by atoms with Crippen molar-refractivity contribution in [2.24, 2.45) is 0 Å². The molecule has 0 bridgehead atoms. The number of nitrogens with one attached hydrogen (secondary N) is 1. The molecule has 27 heavy (non-hydrogen) atoms. The molecule has 0 spiro atoms. The zero-order valence-corrected chi connectivity index (χ0v) is 17.5. The topological polar surface area (TPSA) is 143 Å². The van der Waals surface area contributed by atoms with Crippen LogP contribution in [0.5, 0.6) is 5.75 Å². The van der Waals surface area contributed by atoms with Crippen molar-refractivity contribution < 1.29 is 30.7 Å². The average Bonchev–Trinajstić information content (AvgIpc) is 2.52. The molecule has 1 heterocycles. The lowest BCUT2D eigenvalue weighted by atomic mass is 10.2. The highest BCUT2D eigenvalue weighted by Crippen LogP contribution is 2.14. The number of hydrogen-bond donors (Lipinski definition) is 3. The Morgan fingerprint density at radius 2 is 1.67 bits per heavy atom. The average molecular weight is 425 g/mol. The van der Waals surface area contributed by atoms with Gasteiger partial charge in [0.05, 0.1) is 23.8 Å². The minimum absolute atomic E-state index is 0.181. The summed E-state index contributed by atoms with van der Waals surface area (Å²) in [6.45, 7) is 6.18. The first-order chi connectivity index (χ1) is 12.3. The molecule has 0 aliphatic rings. The fourth-order valence-electron chi connectivity index (χ4n) is 1.60. The van der Waals surface area contributed by atoms with Gasteiger partial charge in [-0.2, -0.15) is 16.8 Å². The summed E-state index contributed by atoms with van der Waals surface area (Å²) in [6, 6.07) is 2.50. The van der Waals surface area contributed by atoms with Crippen molar-refractivity contribution in [3.63, 3.8) is 0 Å². The Morgan fingerprint density at radius 1 is 1.11 bits per heavy atom. The molecule has 0 aliphatic carbocycles. The molecule has 9 nitrogen and oxygen atoms in total. The largest absolute Gasteiger partial charge is 0.489 e. The van der Waals surface area contributed by atoms with Crippen molar-refractivity contribution in [1.29, 1.82) is 0 Å². The zero-order chi connectivity index (χ0) is 21.1. The van der Waals surface area contributed by atoms with Gasteiger partial charge in [-0.15, -0.1) is 0 Å². The van der Waals surface area contributed by atoms with Gasteiger partial charge in [-0.05, 0) is 45.9 Å². The third-order valence-electron chi connectivity index (χ3n) is 3.00. The molecule has 0 radical (unpaired) electrons. The summed E-state index contributed by atoms with van der Waals surface area (Å²) in [5.41, 5.74) is 1.08. The fourth-order valence-corrected chi connectivity index (χ4v) is 3.29. The molecule has 0 unspecified atom stereocenters. The first-order valence-corrected chi connectivity index (χ1v) is 11.4. The lowest BCUT2D eigenvalue weighted by Gasteiger charge is -2.09. The summed E-state index contributed by atoms with van der Waals surface area (Å²) in [5, 5.41) is 3.20. The molecular formula is C16H28N2O7S2. The van der Waals surface area contributed by atoms with E-state index in [1.165, 1.54) is 0 Å². The highest BCUT2D eigenvalue weighted by molar-refractivity contribution is 7.89. The third-order valence-corrected chi connectivity index (χ3v) is 4.70. The van der Waals surface area contributed by atoms with E-state index in [0.717, 1.165) is 17.7 Å². The Morgan fingerprint density at radius 3 is 2.11 bits per heavy atom. The van der Waals surface area contributed by atoms with Crippen LogP contribution in [0.1, 0.15) is 32.8 Å². The van der Waals surface area contributed by atoms with Crippen LogP contribution < -0.4 is 10.1 Å². The number of ether oxygens (including phenoxy) is 1.